The van der Waals surface area contributed by atoms with Gasteiger partial charge in [0, 0.05) is 24.4 Å². The van der Waals surface area contributed by atoms with Crippen LogP contribution in [0.3, 0.4) is 0 Å². The van der Waals surface area contributed by atoms with Crippen molar-refractivity contribution in [3.63, 3.8) is 0 Å². The third kappa shape index (κ3) is 6.02. The van der Waals surface area contributed by atoms with Crippen LogP contribution in [0.25, 0.3) is 10.9 Å². The van der Waals surface area contributed by atoms with Crippen LogP contribution in [-0.4, -0.2) is 35.1 Å². The van der Waals surface area contributed by atoms with Crippen LogP contribution in [0.1, 0.15) is 61.8 Å². The van der Waals surface area contributed by atoms with Gasteiger partial charge in [-0.05, 0) is 55.5 Å². The molecule has 1 aliphatic carbocycles. The maximum atomic E-state index is 13.0. The first-order valence-electron chi connectivity index (χ1n) is 12.3. The number of carbonyl (C=O) groups excluding carboxylic acids is 2. The Bertz CT molecular complexity index is 1310. The Morgan fingerprint density at radius 2 is 1.89 bits per heavy atom. The molecule has 0 radical (unpaired) electrons. The molecule has 2 amide bonds. The average molecular weight is 493 g/mol. The molecule has 3 aromatic rings. The normalized spacial score (nSPS) is 13.0. The topological polar surface area (TPSA) is 112 Å². The molecule has 0 spiro atoms. The zero-order valence-corrected chi connectivity index (χ0v) is 20.9. The first-order chi connectivity index (χ1) is 17.4. The standard InChI is InChI=1S/C27H32N4O5/c1-17(2)14-15-36-22-11-8-18(16-23(22)35-3)26(33)30-29-25(32)13-12-24-28-21-7-5-4-6-20(21)27(34)31(24)19-9-10-19/h4-8,11,16-17,19H,9-10,12-15H2,1-3H3,(H,29,32)(H,30,33). The average Bonchev–Trinajstić information content (AvgIpc) is 3.71. The van der Waals surface area contributed by atoms with Gasteiger partial charge in [0.1, 0.15) is 5.82 Å². The summed E-state index contributed by atoms with van der Waals surface area (Å²) in [5, 5.41) is 0.580. The summed E-state index contributed by atoms with van der Waals surface area (Å²) in [6.07, 6.45) is 3.13. The fraction of sp³-hybridized carbons (Fsp3) is 0.407. The fourth-order valence-electron chi connectivity index (χ4n) is 3.90. The van der Waals surface area contributed by atoms with Gasteiger partial charge in [0.15, 0.2) is 11.5 Å². The van der Waals surface area contributed by atoms with Gasteiger partial charge >= 0.3 is 0 Å². The minimum atomic E-state index is -0.478. The van der Waals surface area contributed by atoms with Crippen LogP contribution in [0.2, 0.25) is 0 Å². The van der Waals surface area contributed by atoms with E-state index in [1.807, 2.05) is 12.1 Å². The summed E-state index contributed by atoms with van der Waals surface area (Å²) in [6.45, 7) is 4.79. The Hall–Kier alpha value is -3.88. The zero-order valence-electron chi connectivity index (χ0n) is 20.9. The molecule has 9 nitrogen and oxygen atoms in total. The van der Waals surface area contributed by atoms with Gasteiger partial charge in [-0.2, -0.15) is 0 Å². The molecule has 9 heteroatoms. The van der Waals surface area contributed by atoms with Crippen molar-refractivity contribution in [2.45, 2.75) is 52.0 Å². The number of methoxy groups -OCH3 is 1. The molecule has 190 valence electrons. The molecule has 1 saturated carbocycles. The Morgan fingerprint density at radius 1 is 1.11 bits per heavy atom. The summed E-state index contributed by atoms with van der Waals surface area (Å²) >= 11 is 0. The van der Waals surface area contributed by atoms with E-state index in [2.05, 4.69) is 29.7 Å². The van der Waals surface area contributed by atoms with Crippen molar-refractivity contribution in [1.82, 2.24) is 20.4 Å². The number of fused-ring (bicyclic) bond motifs is 1. The molecule has 0 unspecified atom stereocenters. The molecule has 0 atom stereocenters. The number of para-hydroxylation sites is 1. The van der Waals surface area contributed by atoms with E-state index < -0.39 is 5.91 Å². The number of aryl methyl sites for hydroxylation is 1. The largest absolute Gasteiger partial charge is 0.493 e. The molecule has 1 fully saturated rings. The Morgan fingerprint density at radius 3 is 2.61 bits per heavy atom. The SMILES string of the molecule is COc1cc(C(=O)NNC(=O)CCc2nc3ccccc3c(=O)n2C2CC2)ccc1OCCC(C)C. The minimum absolute atomic E-state index is 0.0719. The molecule has 0 aliphatic heterocycles. The number of hydrogen-bond donors (Lipinski definition) is 2. The Balaban J connectivity index is 1.35. The number of nitrogens with zero attached hydrogens (tertiary/aromatic N) is 2. The third-order valence-electron chi connectivity index (χ3n) is 6.06. The number of rotatable bonds is 10. The summed E-state index contributed by atoms with van der Waals surface area (Å²) in [6, 6.07) is 12.2. The lowest BCUT2D eigenvalue weighted by atomic mass is 10.1. The highest BCUT2D eigenvalue weighted by molar-refractivity contribution is 5.96. The zero-order chi connectivity index (χ0) is 25.7. The predicted octanol–water partition coefficient (Wildman–Crippen LogP) is 3.56. The number of nitrogens with one attached hydrogen (secondary N) is 2. The van der Waals surface area contributed by atoms with Gasteiger partial charge in [0.2, 0.25) is 5.91 Å². The van der Waals surface area contributed by atoms with E-state index in [-0.39, 0.29) is 30.3 Å². The molecule has 0 bridgehead atoms. The lowest BCUT2D eigenvalue weighted by Crippen LogP contribution is -2.41. The van der Waals surface area contributed by atoms with Gasteiger partial charge in [-0.3, -0.25) is 29.8 Å². The molecule has 0 saturated heterocycles. The number of benzene rings is 2. The van der Waals surface area contributed by atoms with E-state index in [9.17, 15) is 14.4 Å². The van der Waals surface area contributed by atoms with E-state index in [0.717, 1.165) is 19.3 Å². The van der Waals surface area contributed by atoms with Gasteiger partial charge in [-0.25, -0.2) is 4.98 Å². The van der Waals surface area contributed by atoms with Crippen LogP contribution in [0, 0.1) is 5.92 Å². The van der Waals surface area contributed by atoms with Crippen LogP contribution in [0.4, 0.5) is 0 Å². The smallest absolute Gasteiger partial charge is 0.269 e. The second-order valence-electron chi connectivity index (χ2n) is 9.35. The summed E-state index contributed by atoms with van der Waals surface area (Å²) in [5.74, 6) is 1.24. The van der Waals surface area contributed by atoms with Crippen LogP contribution < -0.4 is 25.9 Å². The molecule has 1 aliphatic rings. The molecule has 36 heavy (non-hydrogen) atoms. The Kier molecular flexibility index (Phi) is 7.87. The van der Waals surface area contributed by atoms with Gasteiger partial charge < -0.3 is 9.47 Å². The third-order valence-corrected chi connectivity index (χ3v) is 6.06. The van der Waals surface area contributed by atoms with E-state index >= 15 is 0 Å². The van der Waals surface area contributed by atoms with Crippen molar-refractivity contribution in [2.24, 2.45) is 5.92 Å². The summed E-state index contributed by atoms with van der Waals surface area (Å²) < 4.78 is 12.8. The molecular weight excluding hydrogens is 460 g/mol. The molecule has 2 aromatic carbocycles. The molecule has 1 heterocycles. The van der Waals surface area contributed by atoms with Crippen LogP contribution in [0.15, 0.2) is 47.3 Å². The second-order valence-corrected chi connectivity index (χ2v) is 9.35. The van der Waals surface area contributed by atoms with Crippen molar-refractivity contribution in [2.75, 3.05) is 13.7 Å². The minimum Gasteiger partial charge on any atom is -0.493 e. The second kappa shape index (κ2) is 11.2. The van der Waals surface area contributed by atoms with E-state index in [4.69, 9.17) is 9.47 Å². The maximum Gasteiger partial charge on any atom is 0.269 e. The molecule has 1 aromatic heterocycles. The van der Waals surface area contributed by atoms with Crippen LogP contribution >= 0.6 is 0 Å². The summed E-state index contributed by atoms with van der Waals surface area (Å²) in [5.41, 5.74) is 5.74. The van der Waals surface area contributed by atoms with E-state index in [1.165, 1.54) is 7.11 Å². The van der Waals surface area contributed by atoms with Crippen LogP contribution in [0.5, 0.6) is 11.5 Å². The van der Waals surface area contributed by atoms with Gasteiger partial charge in [0.25, 0.3) is 11.5 Å². The predicted molar refractivity (Wildman–Crippen MR) is 136 cm³/mol. The Labute approximate surface area is 209 Å². The first-order valence-corrected chi connectivity index (χ1v) is 12.3. The van der Waals surface area contributed by atoms with Crippen molar-refractivity contribution in [3.8, 4) is 11.5 Å². The highest BCUT2D eigenvalue weighted by Crippen LogP contribution is 2.35. The summed E-state index contributed by atoms with van der Waals surface area (Å²) in [4.78, 5) is 42.6. The van der Waals surface area contributed by atoms with E-state index in [0.29, 0.717) is 46.3 Å². The van der Waals surface area contributed by atoms with E-state index in [1.54, 1.807) is 34.9 Å². The monoisotopic (exact) mass is 492 g/mol. The number of ether oxygens (including phenoxy) is 2. The van der Waals surface area contributed by atoms with Crippen molar-refractivity contribution < 1.29 is 19.1 Å². The van der Waals surface area contributed by atoms with Crippen LogP contribution in [-0.2, 0) is 11.2 Å². The van der Waals surface area contributed by atoms with Gasteiger partial charge in [-0.15, -0.1) is 0 Å². The number of amides is 2. The quantitative estimate of drug-likeness (QED) is 0.419. The fourth-order valence-corrected chi connectivity index (χ4v) is 3.90. The highest BCUT2D eigenvalue weighted by Gasteiger charge is 2.28. The highest BCUT2D eigenvalue weighted by atomic mass is 16.5. The number of aromatic nitrogens is 2. The van der Waals surface area contributed by atoms with Crippen molar-refractivity contribution >= 4 is 22.7 Å². The summed E-state index contributed by atoms with van der Waals surface area (Å²) in [7, 11) is 1.51. The molecule has 2 N–H and O–H groups in total. The maximum absolute atomic E-state index is 13.0. The van der Waals surface area contributed by atoms with Crippen molar-refractivity contribution in [3.05, 3.63) is 64.2 Å². The lowest BCUT2D eigenvalue weighted by Gasteiger charge is -2.14. The van der Waals surface area contributed by atoms with Gasteiger partial charge in [-0.1, -0.05) is 26.0 Å². The number of hydrazine groups is 1. The molecule has 4 rings (SSSR count). The first kappa shape index (κ1) is 25.2. The number of hydrogen-bond acceptors (Lipinski definition) is 6. The van der Waals surface area contributed by atoms with Gasteiger partial charge in [0.05, 0.1) is 24.6 Å². The lowest BCUT2D eigenvalue weighted by molar-refractivity contribution is -0.121. The number of carbonyl (C=O) groups is 2. The van der Waals surface area contributed by atoms with Crippen molar-refractivity contribution in [1.29, 1.82) is 0 Å². The molecular formula is C27H32N4O5.